The van der Waals surface area contributed by atoms with Crippen molar-refractivity contribution < 1.29 is 5.11 Å². The smallest absolute Gasteiger partial charge is 0.121 e. The molecule has 24 heavy (non-hydrogen) atoms. The third kappa shape index (κ3) is 4.78. The maximum atomic E-state index is 10.1. The van der Waals surface area contributed by atoms with Crippen LogP contribution in [0.15, 0.2) is 12.1 Å². The molecule has 3 nitrogen and oxygen atoms in total. The summed E-state index contributed by atoms with van der Waals surface area (Å²) in [5.74, 6) is 1.24. The molecule has 1 aromatic rings. The van der Waals surface area contributed by atoms with Crippen molar-refractivity contribution in [3.8, 4) is 5.75 Å². The highest BCUT2D eigenvalue weighted by molar-refractivity contribution is 5.85. The number of nitrogens with zero attached hydrogens (tertiary/aromatic N) is 1. The van der Waals surface area contributed by atoms with Crippen LogP contribution >= 0.6 is 24.8 Å². The Kier molecular flexibility index (Phi) is 8.86. The topological polar surface area (TPSA) is 35.5 Å². The summed E-state index contributed by atoms with van der Waals surface area (Å²) in [6, 6.07) is 4.98. The van der Waals surface area contributed by atoms with Crippen molar-refractivity contribution in [2.45, 2.75) is 52.0 Å². The molecule has 2 N–H and O–H groups in total. The van der Waals surface area contributed by atoms with Crippen LogP contribution in [0.25, 0.3) is 0 Å². The molecule has 0 aromatic heterocycles. The number of aryl methyl sites for hydroxylation is 2. The minimum Gasteiger partial charge on any atom is -0.507 e. The summed E-state index contributed by atoms with van der Waals surface area (Å²) in [5, 5.41) is 13.6. The van der Waals surface area contributed by atoms with Crippen LogP contribution in [0.3, 0.4) is 0 Å². The summed E-state index contributed by atoms with van der Waals surface area (Å²) in [4.78, 5) is 2.68. The Bertz CT molecular complexity index is 471. The fourth-order valence-electron chi connectivity index (χ4n) is 4.35. The predicted molar refractivity (Wildman–Crippen MR) is 106 cm³/mol. The zero-order valence-corrected chi connectivity index (χ0v) is 16.5. The van der Waals surface area contributed by atoms with Crippen molar-refractivity contribution in [3.05, 3.63) is 28.8 Å². The first-order valence-electron chi connectivity index (χ1n) is 8.91. The normalized spacial score (nSPS) is 20.8. The SMILES string of the molecule is Cc1cc([C@@H](C2CCCCC2)N2CCNCC2)cc(C)c1O.Cl.Cl. The average Bonchev–Trinajstić information content (AvgIpc) is 2.55. The van der Waals surface area contributed by atoms with Crippen molar-refractivity contribution >= 4 is 24.8 Å². The molecule has 1 aromatic carbocycles. The Hall–Kier alpha value is -0.480. The summed E-state index contributed by atoms with van der Waals surface area (Å²) in [7, 11) is 0. The number of hydrogen-bond acceptors (Lipinski definition) is 3. The lowest BCUT2D eigenvalue weighted by atomic mass is 9.79. The monoisotopic (exact) mass is 374 g/mol. The largest absolute Gasteiger partial charge is 0.507 e. The predicted octanol–water partition coefficient (Wildman–Crippen LogP) is 4.38. The van der Waals surface area contributed by atoms with E-state index in [1.165, 1.54) is 37.7 Å². The highest BCUT2D eigenvalue weighted by Gasteiger charge is 2.31. The van der Waals surface area contributed by atoms with Crippen LogP contribution in [-0.2, 0) is 0 Å². The zero-order chi connectivity index (χ0) is 15.5. The van der Waals surface area contributed by atoms with Crippen LogP contribution < -0.4 is 5.32 Å². The molecule has 1 saturated carbocycles. The van der Waals surface area contributed by atoms with E-state index in [0.717, 1.165) is 43.2 Å². The highest BCUT2D eigenvalue weighted by Crippen LogP contribution is 2.40. The van der Waals surface area contributed by atoms with Gasteiger partial charge in [-0.1, -0.05) is 31.4 Å². The van der Waals surface area contributed by atoms with Gasteiger partial charge in [-0.25, -0.2) is 0 Å². The average molecular weight is 375 g/mol. The summed E-state index contributed by atoms with van der Waals surface area (Å²) < 4.78 is 0. The first-order valence-corrected chi connectivity index (χ1v) is 8.91. The molecule has 3 rings (SSSR count). The molecular weight excluding hydrogens is 343 g/mol. The van der Waals surface area contributed by atoms with Gasteiger partial charge in [0, 0.05) is 32.2 Å². The van der Waals surface area contributed by atoms with E-state index < -0.39 is 0 Å². The molecule has 1 aliphatic heterocycles. The molecule has 138 valence electrons. The summed E-state index contributed by atoms with van der Waals surface area (Å²) >= 11 is 0. The van der Waals surface area contributed by atoms with E-state index in [4.69, 9.17) is 0 Å². The standard InChI is InChI=1S/C19H30N2O.2ClH/c1-14-12-17(13-15(2)19(14)22)18(16-6-4-3-5-7-16)21-10-8-20-9-11-21;;/h12-13,16,18,20,22H,3-11H2,1-2H3;2*1H/t18-;;/m1../s1. The van der Waals surface area contributed by atoms with Gasteiger partial charge in [-0.05, 0) is 49.3 Å². The molecule has 5 heteroatoms. The van der Waals surface area contributed by atoms with Crippen LogP contribution in [0, 0.1) is 19.8 Å². The molecule has 0 unspecified atom stereocenters. The lowest BCUT2D eigenvalue weighted by Crippen LogP contribution is -2.47. The summed E-state index contributed by atoms with van der Waals surface area (Å²) in [5.41, 5.74) is 3.46. The second kappa shape index (κ2) is 9.86. The van der Waals surface area contributed by atoms with Gasteiger partial charge < -0.3 is 10.4 Å². The van der Waals surface area contributed by atoms with Crippen LogP contribution in [0.2, 0.25) is 0 Å². The second-order valence-corrected chi connectivity index (χ2v) is 7.13. The molecule has 0 spiro atoms. The number of phenols is 1. The van der Waals surface area contributed by atoms with Crippen molar-refractivity contribution in [2.75, 3.05) is 26.2 Å². The van der Waals surface area contributed by atoms with Crippen molar-refractivity contribution in [1.82, 2.24) is 10.2 Å². The molecule has 1 saturated heterocycles. The summed E-state index contributed by atoms with van der Waals surface area (Å²) in [6.45, 7) is 8.53. The van der Waals surface area contributed by atoms with Gasteiger partial charge in [0.2, 0.25) is 0 Å². The fourth-order valence-corrected chi connectivity index (χ4v) is 4.35. The lowest BCUT2D eigenvalue weighted by molar-refractivity contribution is 0.103. The van der Waals surface area contributed by atoms with Crippen molar-refractivity contribution in [1.29, 1.82) is 0 Å². The highest BCUT2D eigenvalue weighted by atomic mass is 35.5. The number of piperazine rings is 1. The molecule has 0 bridgehead atoms. The van der Waals surface area contributed by atoms with Gasteiger partial charge in [-0.2, -0.15) is 0 Å². The van der Waals surface area contributed by atoms with E-state index in [2.05, 4.69) is 22.3 Å². The van der Waals surface area contributed by atoms with E-state index >= 15 is 0 Å². The van der Waals surface area contributed by atoms with Crippen molar-refractivity contribution in [3.63, 3.8) is 0 Å². The minimum absolute atomic E-state index is 0. The van der Waals surface area contributed by atoms with Gasteiger partial charge in [0.05, 0.1) is 0 Å². The van der Waals surface area contributed by atoms with Gasteiger partial charge in [-0.15, -0.1) is 24.8 Å². The third-order valence-corrected chi connectivity index (χ3v) is 5.50. The number of aromatic hydroxyl groups is 1. The van der Waals surface area contributed by atoms with Crippen LogP contribution in [-0.4, -0.2) is 36.2 Å². The summed E-state index contributed by atoms with van der Waals surface area (Å²) in [6.07, 6.45) is 6.87. The maximum Gasteiger partial charge on any atom is 0.121 e. The Labute approximate surface area is 159 Å². The zero-order valence-electron chi connectivity index (χ0n) is 14.9. The maximum absolute atomic E-state index is 10.1. The lowest BCUT2D eigenvalue weighted by Gasteiger charge is -2.41. The Morgan fingerprint density at radius 3 is 2.08 bits per heavy atom. The van der Waals surface area contributed by atoms with Gasteiger partial charge in [0.15, 0.2) is 0 Å². The Balaban J connectivity index is 0.00000144. The number of halogens is 2. The van der Waals surface area contributed by atoms with Gasteiger partial charge >= 0.3 is 0 Å². The first kappa shape index (κ1) is 21.6. The molecule has 0 amide bonds. The fraction of sp³-hybridized carbons (Fsp3) is 0.684. The number of benzene rings is 1. The van der Waals surface area contributed by atoms with Gasteiger partial charge in [0.1, 0.15) is 5.75 Å². The number of phenolic OH excluding ortho intramolecular Hbond substituents is 1. The minimum atomic E-state index is 0. The van der Waals surface area contributed by atoms with E-state index in [-0.39, 0.29) is 24.8 Å². The quantitative estimate of drug-likeness (QED) is 0.823. The molecule has 1 heterocycles. The van der Waals surface area contributed by atoms with E-state index in [0.29, 0.717) is 11.8 Å². The van der Waals surface area contributed by atoms with Gasteiger partial charge in [-0.3, -0.25) is 4.90 Å². The van der Waals surface area contributed by atoms with Crippen molar-refractivity contribution in [2.24, 2.45) is 5.92 Å². The van der Waals surface area contributed by atoms with E-state index in [1.54, 1.807) is 0 Å². The molecule has 1 atom stereocenters. The van der Waals surface area contributed by atoms with Crippen LogP contribution in [0.5, 0.6) is 5.75 Å². The van der Waals surface area contributed by atoms with Crippen LogP contribution in [0.4, 0.5) is 0 Å². The second-order valence-electron chi connectivity index (χ2n) is 7.13. The Morgan fingerprint density at radius 1 is 1.00 bits per heavy atom. The van der Waals surface area contributed by atoms with Gasteiger partial charge in [0.25, 0.3) is 0 Å². The Morgan fingerprint density at radius 2 is 1.54 bits per heavy atom. The molecule has 0 radical (unpaired) electrons. The third-order valence-electron chi connectivity index (χ3n) is 5.50. The van der Waals surface area contributed by atoms with E-state index in [1.807, 2.05) is 13.8 Å². The van der Waals surface area contributed by atoms with Crippen LogP contribution in [0.1, 0.15) is 54.8 Å². The molecule has 2 aliphatic rings. The molecule has 1 aliphatic carbocycles. The number of nitrogens with one attached hydrogen (secondary N) is 1. The number of hydrogen-bond donors (Lipinski definition) is 2. The first-order chi connectivity index (χ1) is 10.7. The van der Waals surface area contributed by atoms with E-state index in [9.17, 15) is 5.11 Å². The molecule has 2 fully saturated rings. The molecular formula is C19H32Cl2N2O. The number of rotatable bonds is 3.